The molecule has 5 aromatic rings. The standard InChI is InChI=1S/C37H36N3O2P/c1-40(2)27-33(28-17-7-3-8-18-28)38-37(42)35(29-19-9-4-10-20-29)39-36(41)32-25-15-16-26-34(32)43(30-21-11-5-12-22-30)31-23-13-6-14-24-31/h3-26,33,35H,27H2,1-2H3,(H,38,42)(H,39,41)/t33-,35-/m1/s1. The average Bonchev–Trinajstić information content (AvgIpc) is 3.05. The van der Waals surface area contributed by atoms with Crippen LogP contribution in [0.3, 0.4) is 0 Å². The lowest BCUT2D eigenvalue weighted by Gasteiger charge is -2.27. The summed E-state index contributed by atoms with van der Waals surface area (Å²) in [4.78, 5) is 30.2. The number of hydrogen-bond acceptors (Lipinski definition) is 3. The van der Waals surface area contributed by atoms with Crippen LogP contribution in [0, 0.1) is 0 Å². The fraction of sp³-hybridized carbons (Fsp3) is 0.135. The molecule has 0 saturated carbocycles. The van der Waals surface area contributed by atoms with Gasteiger partial charge < -0.3 is 15.5 Å². The van der Waals surface area contributed by atoms with Crippen molar-refractivity contribution >= 4 is 35.6 Å². The monoisotopic (exact) mass is 585 g/mol. The number of benzene rings is 5. The molecule has 0 fully saturated rings. The van der Waals surface area contributed by atoms with Crippen molar-refractivity contribution in [3.8, 4) is 0 Å². The Morgan fingerprint density at radius 3 is 1.60 bits per heavy atom. The predicted molar refractivity (Wildman–Crippen MR) is 178 cm³/mol. The fourth-order valence-electron chi connectivity index (χ4n) is 5.14. The minimum atomic E-state index is -1.01. The Balaban J connectivity index is 1.49. The molecule has 0 spiro atoms. The molecule has 0 aromatic heterocycles. The van der Waals surface area contributed by atoms with Crippen molar-refractivity contribution in [2.24, 2.45) is 0 Å². The van der Waals surface area contributed by atoms with Gasteiger partial charge in [0.25, 0.3) is 5.91 Å². The van der Waals surface area contributed by atoms with Gasteiger partial charge in [-0.1, -0.05) is 140 Å². The molecule has 6 heteroatoms. The van der Waals surface area contributed by atoms with Crippen molar-refractivity contribution in [3.63, 3.8) is 0 Å². The lowest BCUT2D eigenvalue weighted by atomic mass is 10.0. The summed E-state index contributed by atoms with van der Waals surface area (Å²) in [7, 11) is 2.94. The van der Waals surface area contributed by atoms with E-state index in [9.17, 15) is 9.59 Å². The van der Waals surface area contributed by atoms with E-state index < -0.39 is 14.0 Å². The molecule has 0 aliphatic rings. The normalized spacial score (nSPS) is 12.5. The second-order valence-corrected chi connectivity index (χ2v) is 12.8. The number of amides is 2. The van der Waals surface area contributed by atoms with Crippen LogP contribution in [0.2, 0.25) is 0 Å². The highest BCUT2D eigenvalue weighted by Gasteiger charge is 2.28. The van der Waals surface area contributed by atoms with E-state index in [2.05, 4.69) is 34.9 Å². The fourth-order valence-corrected chi connectivity index (χ4v) is 7.58. The molecule has 0 heterocycles. The summed E-state index contributed by atoms with van der Waals surface area (Å²) in [6.45, 7) is 0.618. The number of carbonyl (C=O) groups excluding carboxylic acids is 2. The van der Waals surface area contributed by atoms with Crippen LogP contribution in [0.15, 0.2) is 146 Å². The SMILES string of the molecule is CN(C)C[C@@H](NC(=O)[C@H](NC(=O)c1ccccc1P(c1ccccc1)c1ccccc1)c1ccccc1)c1ccccc1. The predicted octanol–water partition coefficient (Wildman–Crippen LogP) is 5.34. The Hall–Kier alpha value is -4.57. The van der Waals surface area contributed by atoms with Crippen molar-refractivity contribution in [2.75, 3.05) is 20.6 Å². The summed E-state index contributed by atoms with van der Waals surface area (Å²) in [5.41, 5.74) is 2.28. The lowest BCUT2D eigenvalue weighted by molar-refractivity contribution is -0.124. The largest absolute Gasteiger partial charge is 0.346 e. The molecule has 2 atom stereocenters. The third-order valence-electron chi connectivity index (χ3n) is 7.16. The van der Waals surface area contributed by atoms with E-state index in [1.807, 2.05) is 140 Å². The molecule has 5 aromatic carbocycles. The van der Waals surface area contributed by atoms with Gasteiger partial charge in [-0.25, -0.2) is 0 Å². The number of carbonyl (C=O) groups is 2. The van der Waals surface area contributed by atoms with Crippen LogP contribution in [0.1, 0.15) is 33.6 Å². The van der Waals surface area contributed by atoms with Crippen molar-refractivity contribution in [1.82, 2.24) is 15.5 Å². The Labute approximate surface area is 255 Å². The maximum Gasteiger partial charge on any atom is 0.252 e. The number of rotatable bonds is 11. The van der Waals surface area contributed by atoms with Crippen molar-refractivity contribution in [3.05, 3.63) is 162 Å². The van der Waals surface area contributed by atoms with Gasteiger partial charge in [0.1, 0.15) is 6.04 Å². The van der Waals surface area contributed by atoms with Gasteiger partial charge in [-0.3, -0.25) is 9.59 Å². The zero-order valence-electron chi connectivity index (χ0n) is 24.4. The average molecular weight is 586 g/mol. The smallest absolute Gasteiger partial charge is 0.252 e. The summed E-state index contributed by atoms with van der Waals surface area (Å²) >= 11 is 0. The summed E-state index contributed by atoms with van der Waals surface area (Å²) in [5.74, 6) is -0.552. The minimum Gasteiger partial charge on any atom is -0.346 e. The zero-order valence-corrected chi connectivity index (χ0v) is 25.3. The van der Waals surface area contributed by atoms with Crippen LogP contribution in [0.25, 0.3) is 0 Å². The van der Waals surface area contributed by atoms with Gasteiger partial charge in [-0.2, -0.15) is 0 Å². The molecular weight excluding hydrogens is 549 g/mol. The first kappa shape index (κ1) is 29.9. The van der Waals surface area contributed by atoms with Gasteiger partial charge in [0.2, 0.25) is 5.91 Å². The van der Waals surface area contributed by atoms with Crippen LogP contribution in [0.4, 0.5) is 0 Å². The van der Waals surface area contributed by atoms with Gasteiger partial charge in [-0.15, -0.1) is 0 Å². The quantitative estimate of drug-likeness (QED) is 0.206. The zero-order chi connectivity index (χ0) is 30.0. The maximum atomic E-state index is 14.2. The van der Waals surface area contributed by atoms with E-state index in [1.54, 1.807) is 0 Å². The highest BCUT2D eigenvalue weighted by Crippen LogP contribution is 2.34. The molecule has 0 unspecified atom stereocenters. The van der Waals surface area contributed by atoms with Gasteiger partial charge in [0.15, 0.2) is 0 Å². The van der Waals surface area contributed by atoms with E-state index in [-0.39, 0.29) is 17.9 Å². The van der Waals surface area contributed by atoms with Gasteiger partial charge in [0.05, 0.1) is 6.04 Å². The third-order valence-corrected chi connectivity index (χ3v) is 9.66. The first-order valence-corrected chi connectivity index (χ1v) is 15.7. The first-order chi connectivity index (χ1) is 21.0. The lowest BCUT2D eigenvalue weighted by Crippen LogP contribution is -2.44. The molecule has 0 aliphatic carbocycles. The van der Waals surface area contributed by atoms with Crippen LogP contribution in [-0.4, -0.2) is 37.4 Å². The molecule has 2 amide bonds. The molecule has 0 radical (unpaired) electrons. The maximum absolute atomic E-state index is 14.2. The van der Waals surface area contributed by atoms with Crippen LogP contribution in [0.5, 0.6) is 0 Å². The first-order valence-electron chi connectivity index (χ1n) is 14.4. The Bertz CT molecular complexity index is 1570. The summed E-state index contributed by atoms with van der Waals surface area (Å²) in [5, 5.41) is 9.56. The molecular formula is C37H36N3O2P. The van der Waals surface area contributed by atoms with Gasteiger partial charge in [0, 0.05) is 12.1 Å². The highest BCUT2D eigenvalue weighted by atomic mass is 31.1. The van der Waals surface area contributed by atoms with Crippen LogP contribution >= 0.6 is 7.92 Å². The highest BCUT2D eigenvalue weighted by molar-refractivity contribution is 7.80. The summed E-state index contributed by atoms with van der Waals surface area (Å²) in [6, 6.07) is 46.5. The van der Waals surface area contributed by atoms with E-state index >= 15 is 0 Å². The molecule has 0 aliphatic heterocycles. The summed E-state index contributed by atoms with van der Waals surface area (Å²) < 4.78 is 0. The van der Waals surface area contributed by atoms with E-state index in [4.69, 9.17) is 0 Å². The van der Waals surface area contributed by atoms with Crippen LogP contribution in [-0.2, 0) is 4.79 Å². The number of likely N-dealkylation sites (N-methyl/N-ethyl adjacent to an activating group) is 1. The van der Waals surface area contributed by atoms with Gasteiger partial charge in [-0.05, 0) is 55.1 Å². The molecule has 5 rings (SSSR count). The molecule has 216 valence electrons. The Morgan fingerprint density at radius 2 is 1.07 bits per heavy atom. The Morgan fingerprint density at radius 1 is 0.605 bits per heavy atom. The summed E-state index contributed by atoms with van der Waals surface area (Å²) in [6.07, 6.45) is 0. The second-order valence-electron chi connectivity index (χ2n) is 10.6. The van der Waals surface area contributed by atoms with E-state index in [0.717, 1.165) is 27.0 Å². The minimum absolute atomic E-state index is 0.247. The molecule has 0 saturated heterocycles. The number of hydrogen-bond donors (Lipinski definition) is 2. The molecule has 2 N–H and O–H groups in total. The van der Waals surface area contributed by atoms with E-state index in [0.29, 0.717) is 12.1 Å². The van der Waals surface area contributed by atoms with Crippen molar-refractivity contribution in [1.29, 1.82) is 0 Å². The second kappa shape index (κ2) is 14.6. The van der Waals surface area contributed by atoms with E-state index in [1.165, 1.54) is 0 Å². The van der Waals surface area contributed by atoms with Crippen molar-refractivity contribution in [2.45, 2.75) is 12.1 Å². The Kier molecular flexibility index (Phi) is 10.1. The molecule has 43 heavy (non-hydrogen) atoms. The van der Waals surface area contributed by atoms with Crippen molar-refractivity contribution < 1.29 is 9.59 Å². The number of nitrogens with zero attached hydrogens (tertiary/aromatic N) is 1. The number of nitrogens with one attached hydrogen (secondary N) is 2. The van der Waals surface area contributed by atoms with Gasteiger partial charge >= 0.3 is 0 Å². The van der Waals surface area contributed by atoms with Crippen LogP contribution < -0.4 is 26.5 Å². The molecule has 0 bridgehead atoms. The third kappa shape index (κ3) is 7.64. The topological polar surface area (TPSA) is 61.4 Å². The molecule has 5 nitrogen and oxygen atoms in total.